The molecule has 11 heteroatoms. The minimum atomic E-state index is -3.59. The lowest BCUT2D eigenvalue weighted by Gasteiger charge is -2.18. The van der Waals surface area contributed by atoms with Gasteiger partial charge in [0.15, 0.2) is 0 Å². The number of carbonyl (C=O) groups is 1. The molecular formula is C18H22N4O5S2. The fourth-order valence-corrected chi connectivity index (χ4v) is 4.59. The Kier molecular flexibility index (Phi) is 7.71. The average molecular weight is 439 g/mol. The molecule has 1 aromatic carbocycles. The molecule has 0 bridgehead atoms. The number of hydrogen-bond acceptors (Lipinski definition) is 7. The fraction of sp³-hybridized carbons (Fsp3) is 0.333. The predicted octanol–water partition coefficient (Wildman–Crippen LogP) is 3.06. The van der Waals surface area contributed by atoms with E-state index in [0.717, 1.165) is 11.8 Å². The minimum absolute atomic E-state index is 0.0276. The van der Waals surface area contributed by atoms with E-state index in [4.69, 9.17) is 0 Å². The monoisotopic (exact) mass is 438 g/mol. The lowest BCUT2D eigenvalue weighted by Crippen LogP contribution is -2.30. The fourth-order valence-electron chi connectivity index (χ4n) is 2.54. The van der Waals surface area contributed by atoms with Crippen molar-refractivity contribution in [3.05, 3.63) is 52.2 Å². The van der Waals surface area contributed by atoms with Crippen molar-refractivity contribution in [2.24, 2.45) is 0 Å². The molecule has 2 aromatic rings. The summed E-state index contributed by atoms with van der Waals surface area (Å²) in [6.07, 6.45) is 1.26. The zero-order valence-electron chi connectivity index (χ0n) is 16.3. The van der Waals surface area contributed by atoms with E-state index in [2.05, 4.69) is 10.3 Å². The maximum atomic E-state index is 12.4. The van der Waals surface area contributed by atoms with Gasteiger partial charge in [0, 0.05) is 25.4 Å². The van der Waals surface area contributed by atoms with Crippen molar-refractivity contribution in [3.63, 3.8) is 0 Å². The predicted molar refractivity (Wildman–Crippen MR) is 112 cm³/mol. The molecule has 2 rings (SSSR count). The van der Waals surface area contributed by atoms with Crippen molar-refractivity contribution < 1.29 is 18.1 Å². The lowest BCUT2D eigenvalue weighted by molar-refractivity contribution is -0.384. The van der Waals surface area contributed by atoms with E-state index < -0.39 is 20.9 Å². The summed E-state index contributed by atoms with van der Waals surface area (Å²) in [5, 5.41) is 14.1. The van der Waals surface area contributed by atoms with E-state index in [1.54, 1.807) is 26.8 Å². The third-order valence-electron chi connectivity index (χ3n) is 4.03. The van der Waals surface area contributed by atoms with Gasteiger partial charge >= 0.3 is 0 Å². The number of sulfonamides is 1. The summed E-state index contributed by atoms with van der Waals surface area (Å²) < 4.78 is 26.2. The molecule has 1 amide bonds. The quantitative estimate of drug-likeness (QED) is 0.363. The SMILES string of the molecule is CCN(CC)S(=O)(=O)c1ccc(SCC(=O)Nc2ccc(C)cc2[N+](=O)[O-])nc1. The number of aryl methyl sites for hydroxylation is 1. The zero-order chi connectivity index (χ0) is 21.6. The van der Waals surface area contributed by atoms with Crippen LogP contribution < -0.4 is 5.32 Å². The first-order valence-corrected chi connectivity index (χ1v) is 11.3. The molecule has 9 nitrogen and oxygen atoms in total. The largest absolute Gasteiger partial charge is 0.320 e. The Labute approximate surface area is 173 Å². The van der Waals surface area contributed by atoms with Crippen molar-refractivity contribution in [3.8, 4) is 0 Å². The highest BCUT2D eigenvalue weighted by Crippen LogP contribution is 2.26. The average Bonchev–Trinajstić information content (AvgIpc) is 2.68. The Morgan fingerprint density at radius 3 is 2.48 bits per heavy atom. The van der Waals surface area contributed by atoms with Crippen molar-refractivity contribution in [1.29, 1.82) is 0 Å². The Hall–Kier alpha value is -2.50. The van der Waals surface area contributed by atoms with Crippen LogP contribution in [0.5, 0.6) is 0 Å². The number of nitro groups is 1. The third kappa shape index (κ3) is 5.75. The highest BCUT2D eigenvalue weighted by Gasteiger charge is 2.22. The van der Waals surface area contributed by atoms with Crippen LogP contribution in [0.4, 0.5) is 11.4 Å². The van der Waals surface area contributed by atoms with E-state index in [1.165, 1.54) is 34.8 Å². The third-order valence-corrected chi connectivity index (χ3v) is 7.00. The number of amides is 1. The molecular weight excluding hydrogens is 416 g/mol. The van der Waals surface area contributed by atoms with Gasteiger partial charge in [-0.1, -0.05) is 31.7 Å². The molecule has 156 valence electrons. The second kappa shape index (κ2) is 9.81. The Morgan fingerprint density at radius 2 is 1.93 bits per heavy atom. The van der Waals surface area contributed by atoms with Gasteiger partial charge in [-0.05, 0) is 30.7 Å². The number of anilines is 1. The van der Waals surface area contributed by atoms with Gasteiger partial charge in [-0.3, -0.25) is 14.9 Å². The van der Waals surface area contributed by atoms with Gasteiger partial charge in [-0.2, -0.15) is 4.31 Å². The number of nitrogens with one attached hydrogen (secondary N) is 1. The molecule has 1 heterocycles. The lowest BCUT2D eigenvalue weighted by atomic mass is 10.2. The first-order valence-electron chi connectivity index (χ1n) is 8.83. The summed E-state index contributed by atoms with van der Waals surface area (Å²) in [5.41, 5.74) is 0.667. The van der Waals surface area contributed by atoms with E-state index >= 15 is 0 Å². The first kappa shape index (κ1) is 22.8. The molecule has 0 spiro atoms. The summed E-state index contributed by atoms with van der Waals surface area (Å²) in [7, 11) is -3.59. The zero-order valence-corrected chi connectivity index (χ0v) is 17.9. The van der Waals surface area contributed by atoms with Gasteiger partial charge in [0.05, 0.1) is 15.7 Å². The number of nitro benzene ring substituents is 1. The van der Waals surface area contributed by atoms with Crippen LogP contribution in [0.3, 0.4) is 0 Å². The number of pyridine rings is 1. The topological polar surface area (TPSA) is 123 Å². The molecule has 1 N–H and O–H groups in total. The summed E-state index contributed by atoms with van der Waals surface area (Å²) in [4.78, 5) is 26.9. The van der Waals surface area contributed by atoms with Crippen molar-refractivity contribution in [1.82, 2.24) is 9.29 Å². The number of nitrogens with zero attached hydrogens (tertiary/aromatic N) is 3. The van der Waals surface area contributed by atoms with E-state index in [1.807, 2.05) is 0 Å². The summed E-state index contributed by atoms with van der Waals surface area (Å²) in [5.74, 6) is -0.455. The number of rotatable bonds is 9. The van der Waals surface area contributed by atoms with Crippen LogP contribution in [0.2, 0.25) is 0 Å². The number of thioether (sulfide) groups is 1. The van der Waals surface area contributed by atoms with Crippen molar-refractivity contribution in [2.75, 3.05) is 24.2 Å². The first-order chi connectivity index (χ1) is 13.7. The van der Waals surface area contributed by atoms with Crippen LogP contribution in [-0.4, -0.2) is 47.4 Å². The second-order valence-electron chi connectivity index (χ2n) is 6.04. The Bertz CT molecular complexity index is 990. The van der Waals surface area contributed by atoms with E-state index in [9.17, 15) is 23.3 Å². The highest BCUT2D eigenvalue weighted by atomic mass is 32.2. The maximum Gasteiger partial charge on any atom is 0.293 e. The summed E-state index contributed by atoms with van der Waals surface area (Å²) >= 11 is 1.10. The molecule has 0 aliphatic carbocycles. The molecule has 0 radical (unpaired) electrons. The molecule has 1 aromatic heterocycles. The Balaban J connectivity index is 2.02. The van der Waals surface area contributed by atoms with Crippen LogP contribution in [-0.2, 0) is 14.8 Å². The van der Waals surface area contributed by atoms with Crippen LogP contribution in [0.15, 0.2) is 46.5 Å². The normalized spacial score (nSPS) is 11.4. The number of carbonyl (C=O) groups excluding carboxylic acids is 1. The molecule has 0 aliphatic heterocycles. The standard InChI is InChI=1S/C18H22N4O5S2/c1-4-21(5-2)29(26,27)14-7-9-18(19-11-14)28-12-17(23)20-15-8-6-13(3)10-16(15)22(24)25/h6-11H,4-5,12H2,1-3H3,(H,20,23). The number of hydrogen-bond donors (Lipinski definition) is 1. The summed E-state index contributed by atoms with van der Waals surface area (Å²) in [6, 6.07) is 7.53. The van der Waals surface area contributed by atoms with Crippen LogP contribution in [0.25, 0.3) is 0 Å². The van der Waals surface area contributed by atoms with Gasteiger partial charge < -0.3 is 5.32 Å². The van der Waals surface area contributed by atoms with Crippen molar-refractivity contribution in [2.45, 2.75) is 30.7 Å². The second-order valence-corrected chi connectivity index (χ2v) is 8.97. The molecule has 0 saturated carbocycles. The molecule has 0 atom stereocenters. The van der Waals surface area contributed by atoms with Gasteiger partial charge in [0.25, 0.3) is 5.69 Å². The maximum absolute atomic E-state index is 12.4. The number of benzene rings is 1. The van der Waals surface area contributed by atoms with Gasteiger partial charge in [0.1, 0.15) is 10.6 Å². The number of aromatic nitrogens is 1. The molecule has 0 saturated heterocycles. The highest BCUT2D eigenvalue weighted by molar-refractivity contribution is 7.99. The van der Waals surface area contributed by atoms with Crippen LogP contribution in [0, 0.1) is 17.0 Å². The van der Waals surface area contributed by atoms with E-state index in [-0.39, 0.29) is 22.0 Å². The molecule has 29 heavy (non-hydrogen) atoms. The Morgan fingerprint density at radius 1 is 1.24 bits per heavy atom. The van der Waals surface area contributed by atoms with E-state index in [0.29, 0.717) is 23.7 Å². The minimum Gasteiger partial charge on any atom is -0.320 e. The van der Waals surface area contributed by atoms with Gasteiger partial charge in [-0.15, -0.1) is 0 Å². The van der Waals surface area contributed by atoms with Crippen molar-refractivity contribution >= 4 is 39.1 Å². The molecule has 0 aliphatic rings. The molecule has 0 unspecified atom stereocenters. The molecule has 0 fully saturated rings. The van der Waals surface area contributed by atoms with Gasteiger partial charge in [-0.25, -0.2) is 13.4 Å². The smallest absolute Gasteiger partial charge is 0.293 e. The summed E-state index contributed by atoms with van der Waals surface area (Å²) in [6.45, 7) is 5.97. The van der Waals surface area contributed by atoms with Crippen LogP contribution in [0.1, 0.15) is 19.4 Å². The van der Waals surface area contributed by atoms with Crippen LogP contribution >= 0.6 is 11.8 Å². The van der Waals surface area contributed by atoms with Gasteiger partial charge in [0.2, 0.25) is 15.9 Å².